The van der Waals surface area contributed by atoms with Crippen molar-refractivity contribution in [2.75, 3.05) is 13.1 Å². The molecule has 5 nitrogen and oxygen atoms in total. The molecule has 1 aromatic carbocycles. The average Bonchev–Trinajstić information content (AvgIpc) is 2.94. The molecule has 0 radical (unpaired) electrons. The van der Waals surface area contributed by atoms with Crippen molar-refractivity contribution in [1.29, 1.82) is 0 Å². The molecule has 0 saturated heterocycles. The molecule has 2 saturated carbocycles. The van der Waals surface area contributed by atoms with Crippen LogP contribution < -0.4 is 10.6 Å². The fourth-order valence-corrected chi connectivity index (χ4v) is 5.91. The van der Waals surface area contributed by atoms with Gasteiger partial charge in [-0.1, -0.05) is 97.4 Å². The molecule has 5 heteroatoms. The zero-order valence-electron chi connectivity index (χ0n) is 25.8. The molecule has 2 fully saturated rings. The number of carbonyl (C=O) groups excluding carboxylic acids is 2. The molecule has 0 aliphatic heterocycles. The van der Waals surface area contributed by atoms with E-state index in [2.05, 4.69) is 74.5 Å². The summed E-state index contributed by atoms with van der Waals surface area (Å²) in [4.78, 5) is 28.6. The molecule has 2 N–H and O–H groups in total. The lowest BCUT2D eigenvalue weighted by Gasteiger charge is -2.32. The molecule has 0 unspecified atom stereocenters. The van der Waals surface area contributed by atoms with Crippen LogP contribution in [0.2, 0.25) is 0 Å². The fraction of sp³-hybridized carbons (Fsp3) is 0.629. The number of carbonyl (C=O) groups is 2. The highest BCUT2D eigenvalue weighted by Gasteiger charge is 2.35. The van der Waals surface area contributed by atoms with Crippen LogP contribution in [0.4, 0.5) is 0 Å². The molecule has 40 heavy (non-hydrogen) atoms. The summed E-state index contributed by atoms with van der Waals surface area (Å²) in [6.45, 7) is 12.4. The van der Waals surface area contributed by atoms with Crippen LogP contribution in [0.15, 0.2) is 48.8 Å². The van der Waals surface area contributed by atoms with Gasteiger partial charge in [0.05, 0.1) is 0 Å². The molecule has 2 aliphatic rings. The first kappa shape index (κ1) is 31.8. The van der Waals surface area contributed by atoms with Crippen LogP contribution in [0.1, 0.15) is 116 Å². The number of hydrogen-bond acceptors (Lipinski definition) is 3. The van der Waals surface area contributed by atoms with Crippen molar-refractivity contribution >= 4 is 11.8 Å². The second kappa shape index (κ2) is 14.8. The number of nitrogens with zero attached hydrogens (tertiary/aromatic N) is 1. The van der Waals surface area contributed by atoms with Gasteiger partial charge in [0.25, 0.3) is 0 Å². The first-order chi connectivity index (χ1) is 19.0. The van der Waals surface area contributed by atoms with Crippen LogP contribution in [-0.2, 0) is 27.8 Å². The van der Waals surface area contributed by atoms with Gasteiger partial charge in [0.2, 0.25) is 11.8 Å². The lowest BCUT2D eigenvalue weighted by atomic mass is 9.75. The molecular weight excluding hydrogens is 494 g/mol. The Balaban J connectivity index is 0.000000225. The van der Waals surface area contributed by atoms with Gasteiger partial charge in [-0.2, -0.15) is 0 Å². The lowest BCUT2D eigenvalue weighted by Crippen LogP contribution is -2.41. The number of aromatic nitrogens is 1. The van der Waals surface area contributed by atoms with Crippen LogP contribution in [0.3, 0.4) is 0 Å². The Morgan fingerprint density at radius 3 is 1.48 bits per heavy atom. The Morgan fingerprint density at radius 1 is 0.675 bits per heavy atom. The third kappa shape index (κ3) is 9.74. The van der Waals surface area contributed by atoms with E-state index in [0.29, 0.717) is 0 Å². The zero-order chi connectivity index (χ0) is 29.1. The largest absolute Gasteiger partial charge is 0.355 e. The Hall–Kier alpha value is -2.69. The topological polar surface area (TPSA) is 71.1 Å². The van der Waals surface area contributed by atoms with Gasteiger partial charge in [-0.15, -0.1) is 0 Å². The van der Waals surface area contributed by atoms with Crippen molar-refractivity contribution in [2.24, 2.45) is 10.8 Å². The van der Waals surface area contributed by atoms with Crippen molar-refractivity contribution in [2.45, 2.75) is 117 Å². The van der Waals surface area contributed by atoms with E-state index < -0.39 is 0 Å². The number of amides is 2. The van der Waals surface area contributed by atoms with E-state index in [1.54, 1.807) is 12.4 Å². The van der Waals surface area contributed by atoms with Gasteiger partial charge >= 0.3 is 0 Å². The van der Waals surface area contributed by atoms with Crippen molar-refractivity contribution < 1.29 is 9.59 Å². The molecule has 1 heterocycles. The molecule has 4 rings (SSSR count). The van der Waals surface area contributed by atoms with Crippen molar-refractivity contribution in [3.05, 3.63) is 65.5 Å². The molecule has 1 aromatic heterocycles. The van der Waals surface area contributed by atoms with Gasteiger partial charge < -0.3 is 10.6 Å². The van der Waals surface area contributed by atoms with Gasteiger partial charge in [-0.3, -0.25) is 14.6 Å². The molecule has 0 atom stereocenters. The Bertz CT molecular complexity index is 1040. The normalized spacial score (nSPS) is 18.1. The van der Waals surface area contributed by atoms with Crippen molar-refractivity contribution in [3.8, 4) is 0 Å². The predicted octanol–water partition coefficient (Wildman–Crippen LogP) is 7.32. The van der Waals surface area contributed by atoms with E-state index in [4.69, 9.17) is 0 Å². The first-order valence-corrected chi connectivity index (χ1v) is 15.6. The molecule has 220 valence electrons. The summed E-state index contributed by atoms with van der Waals surface area (Å²) in [5, 5.41) is 6.23. The maximum Gasteiger partial charge on any atom is 0.225 e. The smallest absolute Gasteiger partial charge is 0.225 e. The minimum atomic E-state index is -0.131. The minimum absolute atomic E-state index is 0.128. The monoisotopic (exact) mass is 547 g/mol. The van der Waals surface area contributed by atoms with Crippen LogP contribution in [0.5, 0.6) is 0 Å². The molecule has 0 spiro atoms. The van der Waals surface area contributed by atoms with E-state index in [1.807, 2.05) is 12.1 Å². The van der Waals surface area contributed by atoms with E-state index in [1.165, 1.54) is 55.2 Å². The molecule has 2 aromatic rings. The highest BCUT2D eigenvalue weighted by Crippen LogP contribution is 2.36. The summed E-state index contributed by atoms with van der Waals surface area (Å²) in [7, 11) is 0. The highest BCUT2D eigenvalue weighted by atomic mass is 16.2. The summed E-state index contributed by atoms with van der Waals surface area (Å²) in [5.41, 5.74) is 3.81. The maximum absolute atomic E-state index is 12.4. The first-order valence-electron chi connectivity index (χ1n) is 15.6. The van der Waals surface area contributed by atoms with Gasteiger partial charge in [0.15, 0.2) is 0 Å². The van der Waals surface area contributed by atoms with Crippen molar-refractivity contribution in [3.63, 3.8) is 0 Å². The zero-order valence-corrected chi connectivity index (χ0v) is 25.8. The summed E-state index contributed by atoms with van der Waals surface area (Å²) in [6, 6.07) is 12.8. The quantitative estimate of drug-likeness (QED) is 0.364. The van der Waals surface area contributed by atoms with Gasteiger partial charge in [0, 0.05) is 36.3 Å². The molecule has 0 bridgehead atoms. The standard InChI is InChI=1S/C20H31NO.C15H22N2O/c1-19(2,3)17-10-8-16(9-11-17)12-15-21-18(22)20(4)13-6-5-7-14-20;1-15(8-3-2-4-9-15)14(18)17-12-7-13-5-10-16-11-6-13/h8-11H,5-7,12-15H2,1-4H3,(H,21,22);5-6,10-11H,2-4,7-9,12H2,1H3,(H,17,18). The second-order valence-electron chi connectivity index (χ2n) is 13.6. The third-order valence-electron chi connectivity index (χ3n) is 8.98. The van der Waals surface area contributed by atoms with E-state index >= 15 is 0 Å². The fourth-order valence-electron chi connectivity index (χ4n) is 5.91. The maximum atomic E-state index is 12.4. The van der Waals surface area contributed by atoms with Crippen LogP contribution in [0.25, 0.3) is 0 Å². The van der Waals surface area contributed by atoms with E-state index in [9.17, 15) is 9.59 Å². The Morgan fingerprint density at radius 2 is 1.07 bits per heavy atom. The summed E-state index contributed by atoms with van der Waals surface area (Å²) in [5.74, 6) is 0.481. The van der Waals surface area contributed by atoms with Crippen LogP contribution >= 0.6 is 0 Å². The second-order valence-corrected chi connectivity index (χ2v) is 13.6. The summed E-state index contributed by atoms with van der Waals surface area (Å²) in [6.07, 6.45) is 16.8. The van der Waals surface area contributed by atoms with Gasteiger partial charge in [0.1, 0.15) is 0 Å². The number of nitrogens with one attached hydrogen (secondary N) is 2. The predicted molar refractivity (Wildman–Crippen MR) is 165 cm³/mol. The Labute approximate surface area is 243 Å². The highest BCUT2D eigenvalue weighted by molar-refractivity contribution is 5.82. The van der Waals surface area contributed by atoms with Crippen LogP contribution in [-0.4, -0.2) is 29.9 Å². The van der Waals surface area contributed by atoms with E-state index in [0.717, 1.165) is 51.6 Å². The third-order valence-corrected chi connectivity index (χ3v) is 8.98. The number of hydrogen-bond donors (Lipinski definition) is 2. The van der Waals surface area contributed by atoms with Crippen LogP contribution in [0, 0.1) is 10.8 Å². The molecule has 2 aliphatic carbocycles. The van der Waals surface area contributed by atoms with Gasteiger partial charge in [-0.25, -0.2) is 0 Å². The number of benzene rings is 1. The van der Waals surface area contributed by atoms with E-state index in [-0.39, 0.29) is 28.1 Å². The Kier molecular flexibility index (Phi) is 11.8. The lowest BCUT2D eigenvalue weighted by molar-refractivity contribution is -0.132. The van der Waals surface area contributed by atoms with Crippen molar-refractivity contribution in [1.82, 2.24) is 15.6 Å². The number of pyridine rings is 1. The molecular formula is C35H53N3O2. The number of rotatable bonds is 8. The van der Waals surface area contributed by atoms with Gasteiger partial charge in [-0.05, 0) is 72.8 Å². The summed E-state index contributed by atoms with van der Waals surface area (Å²) < 4.78 is 0. The average molecular weight is 548 g/mol. The summed E-state index contributed by atoms with van der Waals surface area (Å²) >= 11 is 0. The SMILES string of the molecule is CC1(C(=O)NCCc2ccc(C(C)(C)C)cc2)CCCCC1.CC1(C(=O)NCCc2ccncc2)CCCCC1. The minimum Gasteiger partial charge on any atom is -0.355 e. The molecule has 2 amide bonds.